The molecule has 0 heterocycles. The van der Waals surface area contributed by atoms with Gasteiger partial charge in [-0.3, -0.25) is 4.79 Å². The predicted octanol–water partition coefficient (Wildman–Crippen LogP) is 2.63. The van der Waals surface area contributed by atoms with E-state index in [1.54, 1.807) is 12.1 Å². The van der Waals surface area contributed by atoms with Gasteiger partial charge in [-0.25, -0.2) is 0 Å². The van der Waals surface area contributed by atoms with Crippen LogP contribution in [0.2, 0.25) is 5.02 Å². The van der Waals surface area contributed by atoms with E-state index >= 15 is 0 Å². The average Bonchev–Trinajstić information content (AvgIpc) is 2.37. The Morgan fingerprint density at radius 1 is 1.50 bits per heavy atom. The van der Waals surface area contributed by atoms with Crippen LogP contribution in [0.15, 0.2) is 30.3 Å². The van der Waals surface area contributed by atoms with Crippen molar-refractivity contribution in [1.82, 2.24) is 5.32 Å². The first-order valence-electron chi connectivity index (χ1n) is 6.01. The standard InChI is InChI=1S/C14H18ClNO2/c1-2-12(9-10-17)16-14(18)8-7-11-5-3-4-6-13(11)15/h3-8,12,17H,2,9-10H2,1H3,(H,16,18)/b8-7+. The number of carbonyl (C=O) groups is 1. The molecule has 18 heavy (non-hydrogen) atoms. The second-order valence-corrected chi connectivity index (χ2v) is 4.39. The van der Waals surface area contributed by atoms with Gasteiger partial charge in [0.1, 0.15) is 0 Å². The number of amides is 1. The topological polar surface area (TPSA) is 49.3 Å². The summed E-state index contributed by atoms with van der Waals surface area (Å²) in [4.78, 5) is 11.6. The predicted molar refractivity (Wildman–Crippen MR) is 74.4 cm³/mol. The van der Waals surface area contributed by atoms with Crippen LogP contribution in [0.4, 0.5) is 0 Å². The van der Waals surface area contributed by atoms with E-state index in [2.05, 4.69) is 5.32 Å². The SMILES string of the molecule is CCC(CCO)NC(=O)/C=C/c1ccccc1Cl. The maximum atomic E-state index is 11.6. The lowest BCUT2D eigenvalue weighted by atomic mass is 10.1. The van der Waals surface area contributed by atoms with E-state index in [0.29, 0.717) is 11.4 Å². The summed E-state index contributed by atoms with van der Waals surface area (Å²) >= 11 is 5.97. The zero-order valence-corrected chi connectivity index (χ0v) is 11.2. The molecule has 98 valence electrons. The van der Waals surface area contributed by atoms with Gasteiger partial charge in [-0.15, -0.1) is 0 Å². The zero-order chi connectivity index (χ0) is 13.4. The monoisotopic (exact) mass is 267 g/mol. The van der Waals surface area contributed by atoms with Gasteiger partial charge >= 0.3 is 0 Å². The summed E-state index contributed by atoms with van der Waals surface area (Å²) in [6.07, 6.45) is 4.51. The first-order valence-corrected chi connectivity index (χ1v) is 6.39. The fraction of sp³-hybridized carbons (Fsp3) is 0.357. The third-order valence-electron chi connectivity index (χ3n) is 2.64. The molecule has 0 saturated carbocycles. The van der Waals surface area contributed by atoms with Crippen LogP contribution in [-0.4, -0.2) is 23.7 Å². The van der Waals surface area contributed by atoms with Crippen molar-refractivity contribution in [3.63, 3.8) is 0 Å². The zero-order valence-electron chi connectivity index (χ0n) is 10.4. The molecule has 0 spiro atoms. The van der Waals surface area contributed by atoms with Gasteiger partial charge in [-0.05, 0) is 30.5 Å². The minimum absolute atomic E-state index is 0.0124. The summed E-state index contributed by atoms with van der Waals surface area (Å²) in [6, 6.07) is 7.34. The number of benzene rings is 1. The van der Waals surface area contributed by atoms with Crippen LogP contribution >= 0.6 is 11.6 Å². The van der Waals surface area contributed by atoms with E-state index < -0.39 is 0 Å². The van der Waals surface area contributed by atoms with Gasteiger partial charge < -0.3 is 10.4 Å². The largest absolute Gasteiger partial charge is 0.396 e. The minimum Gasteiger partial charge on any atom is -0.396 e. The molecule has 0 saturated heterocycles. The van der Waals surface area contributed by atoms with Gasteiger partial charge in [0.25, 0.3) is 0 Å². The maximum Gasteiger partial charge on any atom is 0.244 e. The number of hydrogen-bond donors (Lipinski definition) is 2. The molecule has 1 amide bonds. The van der Waals surface area contributed by atoms with Crippen LogP contribution < -0.4 is 5.32 Å². The Labute approximate surface area is 112 Å². The molecular formula is C14H18ClNO2. The lowest BCUT2D eigenvalue weighted by Gasteiger charge is -2.13. The van der Waals surface area contributed by atoms with Gasteiger partial charge in [0.05, 0.1) is 0 Å². The lowest BCUT2D eigenvalue weighted by molar-refractivity contribution is -0.117. The quantitative estimate of drug-likeness (QED) is 0.779. The molecule has 0 bridgehead atoms. The van der Waals surface area contributed by atoms with Crippen molar-refractivity contribution in [2.75, 3.05) is 6.61 Å². The van der Waals surface area contributed by atoms with Gasteiger partial charge in [-0.2, -0.15) is 0 Å². The van der Waals surface area contributed by atoms with E-state index in [1.165, 1.54) is 6.08 Å². The first kappa shape index (κ1) is 14.7. The number of carbonyl (C=O) groups excluding carboxylic acids is 1. The molecule has 0 fully saturated rings. The molecule has 1 aromatic carbocycles. The van der Waals surface area contributed by atoms with E-state index in [0.717, 1.165) is 12.0 Å². The molecule has 1 rings (SSSR count). The molecule has 2 N–H and O–H groups in total. The van der Waals surface area contributed by atoms with Crippen molar-refractivity contribution >= 4 is 23.6 Å². The van der Waals surface area contributed by atoms with E-state index in [4.69, 9.17) is 16.7 Å². The van der Waals surface area contributed by atoms with E-state index in [-0.39, 0.29) is 18.6 Å². The van der Waals surface area contributed by atoms with Gasteiger partial charge in [-0.1, -0.05) is 36.7 Å². The Bertz CT molecular complexity index is 418. The molecule has 1 atom stereocenters. The van der Waals surface area contributed by atoms with Crippen molar-refractivity contribution in [1.29, 1.82) is 0 Å². The Morgan fingerprint density at radius 3 is 2.83 bits per heavy atom. The van der Waals surface area contributed by atoms with Crippen LogP contribution in [-0.2, 0) is 4.79 Å². The van der Waals surface area contributed by atoms with Crippen molar-refractivity contribution in [2.24, 2.45) is 0 Å². The molecular weight excluding hydrogens is 250 g/mol. The Kier molecular flexibility index (Phi) is 6.47. The summed E-state index contributed by atoms with van der Waals surface area (Å²) in [7, 11) is 0. The van der Waals surface area contributed by atoms with Gasteiger partial charge in [0, 0.05) is 23.7 Å². The second-order valence-electron chi connectivity index (χ2n) is 3.98. The van der Waals surface area contributed by atoms with Crippen LogP contribution in [0, 0.1) is 0 Å². The van der Waals surface area contributed by atoms with Crippen molar-refractivity contribution < 1.29 is 9.90 Å². The number of hydrogen-bond acceptors (Lipinski definition) is 2. The third-order valence-corrected chi connectivity index (χ3v) is 2.98. The van der Waals surface area contributed by atoms with Crippen LogP contribution in [0.25, 0.3) is 6.08 Å². The number of rotatable bonds is 6. The smallest absolute Gasteiger partial charge is 0.244 e. The van der Waals surface area contributed by atoms with Crippen molar-refractivity contribution in [2.45, 2.75) is 25.8 Å². The highest BCUT2D eigenvalue weighted by atomic mass is 35.5. The molecule has 1 aromatic rings. The summed E-state index contributed by atoms with van der Waals surface area (Å²) in [5.41, 5.74) is 0.810. The van der Waals surface area contributed by atoms with Gasteiger partial charge in [0.15, 0.2) is 0 Å². The molecule has 0 aromatic heterocycles. The molecule has 4 heteroatoms. The lowest BCUT2D eigenvalue weighted by Crippen LogP contribution is -2.33. The fourth-order valence-corrected chi connectivity index (χ4v) is 1.76. The molecule has 0 radical (unpaired) electrons. The van der Waals surface area contributed by atoms with E-state index in [9.17, 15) is 4.79 Å². The summed E-state index contributed by atoms with van der Waals surface area (Å²) in [6.45, 7) is 2.05. The Hall–Kier alpha value is -1.32. The van der Waals surface area contributed by atoms with Crippen molar-refractivity contribution in [3.05, 3.63) is 40.9 Å². The van der Waals surface area contributed by atoms with E-state index in [1.807, 2.05) is 25.1 Å². The fourth-order valence-electron chi connectivity index (χ4n) is 1.56. The van der Waals surface area contributed by atoms with Crippen LogP contribution in [0.5, 0.6) is 0 Å². The normalized spacial score (nSPS) is 12.6. The summed E-state index contributed by atoms with van der Waals surface area (Å²) < 4.78 is 0. The average molecular weight is 268 g/mol. The highest BCUT2D eigenvalue weighted by Gasteiger charge is 2.07. The van der Waals surface area contributed by atoms with Gasteiger partial charge in [0.2, 0.25) is 5.91 Å². The maximum absolute atomic E-state index is 11.6. The van der Waals surface area contributed by atoms with Crippen molar-refractivity contribution in [3.8, 4) is 0 Å². The molecule has 1 unspecified atom stereocenters. The number of nitrogens with one attached hydrogen (secondary N) is 1. The van der Waals surface area contributed by atoms with Crippen LogP contribution in [0.3, 0.4) is 0 Å². The second kappa shape index (κ2) is 7.90. The number of aliphatic hydroxyl groups is 1. The number of aliphatic hydroxyl groups excluding tert-OH is 1. The first-order chi connectivity index (χ1) is 8.67. The highest BCUT2D eigenvalue weighted by Crippen LogP contribution is 2.16. The number of halogens is 1. The molecule has 3 nitrogen and oxygen atoms in total. The highest BCUT2D eigenvalue weighted by molar-refractivity contribution is 6.32. The molecule has 0 aliphatic heterocycles. The summed E-state index contributed by atoms with van der Waals surface area (Å²) in [5.74, 6) is -0.171. The van der Waals surface area contributed by atoms with Crippen LogP contribution in [0.1, 0.15) is 25.3 Å². The summed E-state index contributed by atoms with van der Waals surface area (Å²) in [5, 5.41) is 12.3. The molecule has 0 aliphatic rings. The Morgan fingerprint density at radius 2 is 2.22 bits per heavy atom. The molecule has 0 aliphatic carbocycles. The third kappa shape index (κ3) is 4.90. The minimum atomic E-state index is -0.171. The Balaban J connectivity index is 2.57.